The summed E-state index contributed by atoms with van der Waals surface area (Å²) in [5, 5.41) is 0. The van der Waals surface area contributed by atoms with Gasteiger partial charge in [-0.2, -0.15) is 9.97 Å². The van der Waals surface area contributed by atoms with E-state index in [1.165, 1.54) is 17.7 Å². The molecule has 8 heteroatoms. The molecule has 30 heavy (non-hydrogen) atoms. The second kappa shape index (κ2) is 8.02. The molecular weight excluding hydrogens is 405 g/mol. The Morgan fingerprint density at radius 3 is 2.33 bits per heavy atom. The Morgan fingerprint density at radius 2 is 1.63 bits per heavy atom. The summed E-state index contributed by atoms with van der Waals surface area (Å²) in [5.74, 6) is -0.535. The van der Waals surface area contributed by atoms with E-state index >= 15 is 0 Å². The van der Waals surface area contributed by atoms with Gasteiger partial charge in [0.2, 0.25) is 0 Å². The highest BCUT2D eigenvalue weighted by atomic mass is 32.2. The molecule has 4 rings (SSSR count). The number of rotatable bonds is 5. The van der Waals surface area contributed by atoms with E-state index in [0.717, 1.165) is 31.2 Å². The van der Waals surface area contributed by atoms with Crippen molar-refractivity contribution in [3.63, 3.8) is 0 Å². The van der Waals surface area contributed by atoms with Crippen LogP contribution in [0.25, 0.3) is 0 Å². The molecule has 2 aromatic carbocycles. The maximum absolute atomic E-state index is 13.8. The SMILES string of the molecule is Cc1nc(Oc2ccccc2F)nc(C)c1NS(=O)(=O)c1ccc2c(c1)CCCC2. The normalized spacial score (nSPS) is 13.6. The van der Waals surface area contributed by atoms with Crippen molar-refractivity contribution in [3.8, 4) is 11.8 Å². The number of sulfonamides is 1. The van der Waals surface area contributed by atoms with Crippen molar-refractivity contribution in [1.82, 2.24) is 9.97 Å². The predicted octanol–water partition coefficient (Wildman–Crippen LogP) is 4.70. The third kappa shape index (κ3) is 4.14. The molecule has 1 N–H and O–H groups in total. The minimum Gasteiger partial charge on any atom is -0.421 e. The van der Waals surface area contributed by atoms with E-state index in [1.807, 2.05) is 6.07 Å². The smallest absolute Gasteiger partial charge is 0.322 e. The summed E-state index contributed by atoms with van der Waals surface area (Å²) in [6.07, 6.45) is 4.08. The van der Waals surface area contributed by atoms with Crippen molar-refractivity contribution >= 4 is 15.7 Å². The first-order valence-electron chi connectivity index (χ1n) is 9.76. The van der Waals surface area contributed by atoms with Gasteiger partial charge in [-0.25, -0.2) is 12.8 Å². The number of benzene rings is 2. The van der Waals surface area contributed by atoms with Crippen molar-refractivity contribution in [2.75, 3.05) is 4.72 Å². The molecule has 0 radical (unpaired) electrons. The highest BCUT2D eigenvalue weighted by Gasteiger charge is 2.21. The van der Waals surface area contributed by atoms with Crippen LogP contribution < -0.4 is 9.46 Å². The molecule has 1 aliphatic carbocycles. The minimum absolute atomic E-state index is 0.00121. The van der Waals surface area contributed by atoms with E-state index in [0.29, 0.717) is 11.4 Å². The standard InChI is InChI=1S/C22H22FN3O3S/c1-14-21(15(2)25-22(24-14)29-20-10-6-5-9-19(20)23)26-30(27,28)18-12-11-16-7-3-4-8-17(16)13-18/h5-6,9-13,26H,3-4,7-8H2,1-2H3. The van der Waals surface area contributed by atoms with Crippen molar-refractivity contribution < 1.29 is 17.5 Å². The zero-order chi connectivity index (χ0) is 21.3. The Hall–Kier alpha value is -3.00. The molecule has 0 saturated carbocycles. The summed E-state index contributed by atoms with van der Waals surface area (Å²) in [6, 6.07) is 11.2. The molecule has 0 unspecified atom stereocenters. The number of hydrogen-bond donors (Lipinski definition) is 1. The number of fused-ring (bicyclic) bond motifs is 1. The Kier molecular flexibility index (Phi) is 5.42. The highest BCUT2D eigenvalue weighted by molar-refractivity contribution is 7.92. The highest BCUT2D eigenvalue weighted by Crippen LogP contribution is 2.28. The van der Waals surface area contributed by atoms with Gasteiger partial charge in [0.15, 0.2) is 11.6 Å². The monoisotopic (exact) mass is 427 g/mol. The number of nitrogens with zero attached hydrogens (tertiary/aromatic N) is 2. The molecule has 1 heterocycles. The van der Waals surface area contributed by atoms with Crippen LogP contribution >= 0.6 is 0 Å². The fourth-order valence-electron chi connectivity index (χ4n) is 3.57. The summed E-state index contributed by atoms with van der Waals surface area (Å²) in [7, 11) is -3.80. The summed E-state index contributed by atoms with van der Waals surface area (Å²) in [4.78, 5) is 8.60. The van der Waals surface area contributed by atoms with Crippen LogP contribution in [0.2, 0.25) is 0 Å². The summed E-state index contributed by atoms with van der Waals surface area (Å²) < 4.78 is 47.8. The zero-order valence-electron chi connectivity index (χ0n) is 16.8. The predicted molar refractivity (Wildman–Crippen MR) is 112 cm³/mol. The van der Waals surface area contributed by atoms with E-state index in [-0.39, 0.29) is 22.3 Å². The van der Waals surface area contributed by atoms with Gasteiger partial charge in [-0.15, -0.1) is 0 Å². The van der Waals surface area contributed by atoms with Gasteiger partial charge in [-0.1, -0.05) is 18.2 Å². The van der Waals surface area contributed by atoms with Gasteiger partial charge in [0, 0.05) is 0 Å². The van der Waals surface area contributed by atoms with E-state index in [2.05, 4.69) is 14.7 Å². The molecule has 1 aromatic heterocycles. The summed E-state index contributed by atoms with van der Waals surface area (Å²) in [6.45, 7) is 3.29. The topological polar surface area (TPSA) is 81.2 Å². The first kappa shape index (κ1) is 20.3. The maximum atomic E-state index is 13.8. The van der Waals surface area contributed by atoms with E-state index in [4.69, 9.17) is 4.74 Å². The van der Waals surface area contributed by atoms with Gasteiger partial charge < -0.3 is 4.74 Å². The Balaban J connectivity index is 1.60. The second-order valence-corrected chi connectivity index (χ2v) is 9.01. The largest absolute Gasteiger partial charge is 0.421 e. The molecule has 0 atom stereocenters. The van der Waals surface area contributed by atoms with Crippen LogP contribution in [-0.2, 0) is 22.9 Å². The number of aryl methyl sites for hydroxylation is 4. The molecule has 0 spiro atoms. The number of hydrogen-bond acceptors (Lipinski definition) is 5. The molecule has 0 aliphatic heterocycles. The first-order valence-corrected chi connectivity index (χ1v) is 11.2. The molecule has 156 valence electrons. The number of para-hydroxylation sites is 1. The lowest BCUT2D eigenvalue weighted by molar-refractivity contribution is 0.409. The van der Waals surface area contributed by atoms with Gasteiger partial charge in [0.05, 0.1) is 22.0 Å². The molecule has 6 nitrogen and oxygen atoms in total. The van der Waals surface area contributed by atoms with Crippen LogP contribution in [0, 0.1) is 19.7 Å². The molecule has 1 aliphatic rings. The first-order chi connectivity index (χ1) is 14.3. The molecule has 0 saturated heterocycles. The van der Waals surface area contributed by atoms with Gasteiger partial charge in [-0.3, -0.25) is 4.72 Å². The number of ether oxygens (including phenoxy) is 1. The minimum atomic E-state index is -3.80. The van der Waals surface area contributed by atoms with Gasteiger partial charge in [0.1, 0.15) is 0 Å². The fourth-order valence-corrected chi connectivity index (χ4v) is 4.80. The number of aromatic nitrogens is 2. The van der Waals surface area contributed by atoms with Crippen LogP contribution in [0.3, 0.4) is 0 Å². The Morgan fingerprint density at radius 1 is 0.967 bits per heavy atom. The van der Waals surface area contributed by atoms with Crippen LogP contribution in [0.5, 0.6) is 11.8 Å². The lowest BCUT2D eigenvalue weighted by atomic mass is 9.92. The molecule has 0 bridgehead atoms. The van der Waals surface area contributed by atoms with Crippen LogP contribution in [0.4, 0.5) is 10.1 Å². The van der Waals surface area contributed by atoms with Crippen molar-refractivity contribution in [2.24, 2.45) is 0 Å². The second-order valence-electron chi connectivity index (χ2n) is 7.33. The van der Waals surface area contributed by atoms with Crippen molar-refractivity contribution in [2.45, 2.75) is 44.4 Å². The van der Waals surface area contributed by atoms with E-state index in [9.17, 15) is 12.8 Å². The number of anilines is 1. The van der Waals surface area contributed by atoms with Crippen LogP contribution in [0.1, 0.15) is 35.4 Å². The quantitative estimate of drug-likeness (QED) is 0.638. The van der Waals surface area contributed by atoms with Gasteiger partial charge in [0.25, 0.3) is 10.0 Å². The Bertz CT molecular complexity index is 1190. The van der Waals surface area contributed by atoms with Crippen molar-refractivity contribution in [3.05, 3.63) is 70.8 Å². The third-order valence-electron chi connectivity index (χ3n) is 5.15. The average molecular weight is 428 g/mol. The fraction of sp³-hybridized carbons (Fsp3) is 0.273. The molecule has 3 aromatic rings. The Labute approximate surface area is 175 Å². The molecule has 0 fully saturated rings. The average Bonchev–Trinajstić information content (AvgIpc) is 2.72. The molecule has 0 amide bonds. The van der Waals surface area contributed by atoms with Crippen LogP contribution in [-0.4, -0.2) is 18.4 Å². The lowest BCUT2D eigenvalue weighted by Gasteiger charge is -2.18. The summed E-state index contributed by atoms with van der Waals surface area (Å²) in [5.41, 5.74) is 3.35. The summed E-state index contributed by atoms with van der Waals surface area (Å²) >= 11 is 0. The molecular formula is C22H22FN3O3S. The van der Waals surface area contributed by atoms with E-state index in [1.54, 1.807) is 38.1 Å². The van der Waals surface area contributed by atoms with Crippen LogP contribution in [0.15, 0.2) is 47.4 Å². The number of nitrogens with one attached hydrogen (secondary N) is 1. The zero-order valence-corrected chi connectivity index (χ0v) is 17.6. The maximum Gasteiger partial charge on any atom is 0.322 e. The lowest BCUT2D eigenvalue weighted by Crippen LogP contribution is -2.17. The van der Waals surface area contributed by atoms with Gasteiger partial charge in [-0.05, 0) is 74.9 Å². The van der Waals surface area contributed by atoms with E-state index < -0.39 is 15.8 Å². The number of halogens is 1. The van der Waals surface area contributed by atoms with Crippen molar-refractivity contribution in [1.29, 1.82) is 0 Å². The van der Waals surface area contributed by atoms with Gasteiger partial charge >= 0.3 is 6.01 Å². The third-order valence-corrected chi connectivity index (χ3v) is 6.50.